The summed E-state index contributed by atoms with van der Waals surface area (Å²) in [6.07, 6.45) is 1.13. The highest BCUT2D eigenvalue weighted by Gasteiger charge is 2.13. The van der Waals surface area contributed by atoms with Crippen molar-refractivity contribution in [2.75, 3.05) is 17.6 Å². The Morgan fingerprint density at radius 3 is 2.14 bits per heavy atom. The molecule has 0 radical (unpaired) electrons. The van der Waals surface area contributed by atoms with Crippen LogP contribution in [-0.4, -0.2) is 26.3 Å². The SMILES string of the molecule is CC(NC(=S)COc1ccc(C(C)(C)C)cc1)c1ccc(NS(C)(=O)=O)cc1. The van der Waals surface area contributed by atoms with Crippen molar-refractivity contribution in [3.05, 3.63) is 59.7 Å². The maximum Gasteiger partial charge on any atom is 0.229 e. The summed E-state index contributed by atoms with van der Waals surface area (Å²) < 4.78 is 30.7. The fraction of sp³-hybridized carbons (Fsp3) is 0.381. The minimum absolute atomic E-state index is 0.0216. The molecule has 0 heterocycles. The Morgan fingerprint density at radius 2 is 1.64 bits per heavy atom. The van der Waals surface area contributed by atoms with E-state index in [1.165, 1.54) is 5.56 Å². The third-order valence-corrected chi connectivity index (χ3v) is 5.02. The highest BCUT2D eigenvalue weighted by atomic mass is 32.2. The molecule has 5 nitrogen and oxygen atoms in total. The lowest BCUT2D eigenvalue weighted by atomic mass is 9.87. The molecule has 28 heavy (non-hydrogen) atoms. The first-order valence-electron chi connectivity index (χ1n) is 9.04. The minimum Gasteiger partial charge on any atom is -0.486 e. The topological polar surface area (TPSA) is 67.4 Å². The van der Waals surface area contributed by atoms with Gasteiger partial charge in [0.2, 0.25) is 10.0 Å². The van der Waals surface area contributed by atoms with E-state index in [2.05, 4.69) is 42.9 Å². The van der Waals surface area contributed by atoms with Crippen molar-refractivity contribution in [1.29, 1.82) is 0 Å². The molecular weight excluding hydrogens is 392 g/mol. The molecule has 0 fully saturated rings. The Bertz CT molecular complexity index is 900. The van der Waals surface area contributed by atoms with Crippen LogP contribution in [0.3, 0.4) is 0 Å². The van der Waals surface area contributed by atoms with Crippen LogP contribution in [0.15, 0.2) is 48.5 Å². The fourth-order valence-corrected chi connectivity index (χ4v) is 3.42. The molecule has 1 unspecified atom stereocenters. The summed E-state index contributed by atoms with van der Waals surface area (Å²) >= 11 is 5.38. The average molecular weight is 421 g/mol. The lowest BCUT2D eigenvalue weighted by molar-refractivity contribution is 0.372. The third-order valence-electron chi connectivity index (χ3n) is 4.18. The standard InChI is InChI=1S/C21H28N2O3S2/c1-15(16-6-10-18(11-7-16)23-28(5,24)25)22-20(27)14-26-19-12-8-17(9-13-19)21(2,3)4/h6-13,15,23H,14H2,1-5H3,(H,22,27). The number of sulfonamides is 1. The third kappa shape index (κ3) is 7.13. The zero-order valence-corrected chi connectivity index (χ0v) is 18.6. The molecule has 2 aromatic carbocycles. The van der Waals surface area contributed by atoms with Gasteiger partial charge in [0.1, 0.15) is 17.3 Å². The van der Waals surface area contributed by atoms with E-state index in [-0.39, 0.29) is 11.5 Å². The van der Waals surface area contributed by atoms with Gasteiger partial charge in [-0.1, -0.05) is 57.3 Å². The average Bonchev–Trinajstić information content (AvgIpc) is 2.59. The summed E-state index contributed by atoms with van der Waals surface area (Å²) in [6.45, 7) is 8.80. The molecular formula is C21H28N2O3S2. The number of benzene rings is 2. The molecule has 0 bridgehead atoms. The molecule has 0 saturated heterocycles. The van der Waals surface area contributed by atoms with E-state index in [0.717, 1.165) is 17.6 Å². The molecule has 2 aromatic rings. The Hall–Kier alpha value is -2.12. The molecule has 1 atom stereocenters. The molecule has 0 spiro atoms. The number of thiocarbonyl (C=S) groups is 1. The number of ether oxygens (including phenoxy) is 1. The second kappa shape index (κ2) is 8.92. The molecule has 0 aliphatic carbocycles. The maximum atomic E-state index is 11.3. The van der Waals surface area contributed by atoms with E-state index in [0.29, 0.717) is 17.3 Å². The van der Waals surface area contributed by atoms with Gasteiger partial charge in [-0.2, -0.15) is 0 Å². The monoisotopic (exact) mass is 420 g/mol. The van der Waals surface area contributed by atoms with Crippen LogP contribution < -0.4 is 14.8 Å². The van der Waals surface area contributed by atoms with Gasteiger partial charge >= 0.3 is 0 Å². The summed E-state index contributed by atoms with van der Waals surface area (Å²) in [5.74, 6) is 0.779. The summed E-state index contributed by atoms with van der Waals surface area (Å²) in [6, 6.07) is 15.2. The molecule has 0 amide bonds. The molecule has 0 aliphatic rings. The van der Waals surface area contributed by atoms with Crippen molar-refractivity contribution in [1.82, 2.24) is 5.32 Å². The largest absolute Gasteiger partial charge is 0.486 e. The maximum absolute atomic E-state index is 11.3. The first-order valence-corrected chi connectivity index (χ1v) is 11.3. The van der Waals surface area contributed by atoms with Crippen LogP contribution in [0.1, 0.15) is 44.9 Å². The predicted molar refractivity (Wildman–Crippen MR) is 120 cm³/mol. The predicted octanol–water partition coefficient (Wildman–Crippen LogP) is 4.41. The van der Waals surface area contributed by atoms with E-state index in [1.807, 2.05) is 31.2 Å². The second-order valence-electron chi connectivity index (χ2n) is 7.85. The van der Waals surface area contributed by atoms with Gasteiger partial charge in [0.05, 0.1) is 6.26 Å². The van der Waals surface area contributed by atoms with Gasteiger partial charge in [-0.3, -0.25) is 4.72 Å². The van der Waals surface area contributed by atoms with E-state index in [1.54, 1.807) is 12.1 Å². The van der Waals surface area contributed by atoms with Gasteiger partial charge in [-0.15, -0.1) is 0 Å². The summed E-state index contributed by atoms with van der Waals surface area (Å²) in [5.41, 5.74) is 2.89. The zero-order chi connectivity index (χ0) is 20.9. The van der Waals surface area contributed by atoms with Gasteiger partial charge in [0.25, 0.3) is 0 Å². The summed E-state index contributed by atoms with van der Waals surface area (Å²) in [5, 5.41) is 3.24. The first kappa shape index (κ1) is 22.2. The van der Waals surface area contributed by atoms with Crippen LogP contribution >= 0.6 is 12.2 Å². The number of hydrogen-bond acceptors (Lipinski definition) is 4. The molecule has 2 rings (SSSR count). The number of anilines is 1. The normalized spacial score (nSPS) is 12.9. The Kier molecular flexibility index (Phi) is 7.06. The van der Waals surface area contributed by atoms with Gasteiger partial charge in [0.15, 0.2) is 0 Å². The molecule has 2 N–H and O–H groups in total. The number of rotatable bonds is 7. The lowest BCUT2D eigenvalue weighted by Gasteiger charge is -2.20. The van der Waals surface area contributed by atoms with Crippen molar-refractivity contribution >= 4 is 32.9 Å². The second-order valence-corrected chi connectivity index (χ2v) is 10.1. The van der Waals surface area contributed by atoms with Gasteiger partial charge in [0, 0.05) is 11.7 Å². The van der Waals surface area contributed by atoms with Crippen LogP contribution in [0.5, 0.6) is 5.75 Å². The van der Waals surface area contributed by atoms with E-state index < -0.39 is 10.0 Å². The highest BCUT2D eigenvalue weighted by molar-refractivity contribution is 7.92. The fourth-order valence-electron chi connectivity index (χ4n) is 2.62. The molecule has 0 aliphatic heterocycles. The zero-order valence-electron chi connectivity index (χ0n) is 16.9. The summed E-state index contributed by atoms with van der Waals surface area (Å²) in [7, 11) is -3.28. The smallest absolute Gasteiger partial charge is 0.229 e. The van der Waals surface area contributed by atoms with Crippen molar-refractivity contribution in [2.24, 2.45) is 0 Å². The van der Waals surface area contributed by atoms with Gasteiger partial charge in [-0.25, -0.2) is 8.42 Å². The lowest BCUT2D eigenvalue weighted by Crippen LogP contribution is -2.29. The van der Waals surface area contributed by atoms with Crippen LogP contribution in [0, 0.1) is 0 Å². The highest BCUT2D eigenvalue weighted by Crippen LogP contribution is 2.24. The Balaban J connectivity index is 1.87. The molecule has 0 saturated carbocycles. The van der Waals surface area contributed by atoms with Crippen LogP contribution in [0.2, 0.25) is 0 Å². The number of hydrogen-bond donors (Lipinski definition) is 2. The van der Waals surface area contributed by atoms with Crippen LogP contribution in [-0.2, 0) is 15.4 Å². The first-order chi connectivity index (χ1) is 12.9. The molecule has 152 valence electrons. The summed E-state index contributed by atoms with van der Waals surface area (Å²) in [4.78, 5) is 0.603. The van der Waals surface area contributed by atoms with Crippen LogP contribution in [0.25, 0.3) is 0 Å². The van der Waals surface area contributed by atoms with E-state index in [4.69, 9.17) is 17.0 Å². The quantitative estimate of drug-likeness (QED) is 0.650. The Labute approximate surface area is 173 Å². The molecule has 0 aromatic heterocycles. The minimum atomic E-state index is -3.28. The Morgan fingerprint density at radius 1 is 1.07 bits per heavy atom. The van der Waals surface area contributed by atoms with Gasteiger partial charge < -0.3 is 10.1 Å². The van der Waals surface area contributed by atoms with Crippen molar-refractivity contribution < 1.29 is 13.2 Å². The van der Waals surface area contributed by atoms with E-state index >= 15 is 0 Å². The molecule has 7 heteroatoms. The van der Waals surface area contributed by atoms with Crippen molar-refractivity contribution in [3.8, 4) is 5.75 Å². The van der Waals surface area contributed by atoms with E-state index in [9.17, 15) is 8.42 Å². The van der Waals surface area contributed by atoms with Crippen molar-refractivity contribution in [3.63, 3.8) is 0 Å². The number of nitrogens with one attached hydrogen (secondary N) is 2. The van der Waals surface area contributed by atoms with Crippen molar-refractivity contribution in [2.45, 2.75) is 39.2 Å². The van der Waals surface area contributed by atoms with Crippen LogP contribution in [0.4, 0.5) is 5.69 Å². The van der Waals surface area contributed by atoms with Gasteiger partial charge in [-0.05, 0) is 47.7 Å².